The van der Waals surface area contributed by atoms with Crippen LogP contribution in [0.1, 0.15) is 26.2 Å². The van der Waals surface area contributed by atoms with Crippen LogP contribution in [0.5, 0.6) is 0 Å². The highest BCUT2D eigenvalue weighted by Crippen LogP contribution is 2.26. The molecule has 1 rings (SSSR count). The van der Waals surface area contributed by atoms with Crippen molar-refractivity contribution in [1.29, 1.82) is 0 Å². The number of amides is 1. The van der Waals surface area contributed by atoms with E-state index >= 15 is 0 Å². The molecular formula is C13H19BrN2O2. The predicted octanol–water partition coefficient (Wildman–Crippen LogP) is 2.98. The molecule has 0 aliphatic rings. The van der Waals surface area contributed by atoms with Crippen molar-refractivity contribution in [2.45, 2.75) is 26.2 Å². The van der Waals surface area contributed by atoms with Crippen molar-refractivity contribution in [1.82, 2.24) is 0 Å². The number of benzene rings is 1. The van der Waals surface area contributed by atoms with Gasteiger partial charge in [-0.1, -0.05) is 0 Å². The lowest BCUT2D eigenvalue weighted by atomic mass is 10.2. The number of nitrogens with one attached hydrogen (secondary N) is 2. The number of hydrogen-bond donors (Lipinski definition) is 3. The molecule has 1 aromatic carbocycles. The zero-order valence-corrected chi connectivity index (χ0v) is 12.1. The Morgan fingerprint density at radius 1 is 1.33 bits per heavy atom. The van der Waals surface area contributed by atoms with Crippen molar-refractivity contribution >= 4 is 33.2 Å². The molecular weight excluding hydrogens is 296 g/mol. The summed E-state index contributed by atoms with van der Waals surface area (Å²) < 4.78 is 0.927. The summed E-state index contributed by atoms with van der Waals surface area (Å²) >= 11 is 3.47. The van der Waals surface area contributed by atoms with Gasteiger partial charge in [-0.3, -0.25) is 4.79 Å². The number of aliphatic hydroxyl groups excluding tert-OH is 1. The highest BCUT2D eigenvalue weighted by atomic mass is 79.9. The lowest BCUT2D eigenvalue weighted by molar-refractivity contribution is -0.114. The van der Waals surface area contributed by atoms with Crippen molar-refractivity contribution in [3.63, 3.8) is 0 Å². The molecule has 0 fully saturated rings. The Morgan fingerprint density at radius 2 is 2.11 bits per heavy atom. The number of rotatable bonds is 7. The Labute approximate surface area is 116 Å². The molecule has 100 valence electrons. The molecule has 0 unspecified atom stereocenters. The third-order valence-corrected chi connectivity index (χ3v) is 3.10. The van der Waals surface area contributed by atoms with Gasteiger partial charge in [-0.05, 0) is 53.4 Å². The molecule has 3 N–H and O–H groups in total. The minimum atomic E-state index is -0.0772. The third-order valence-electron chi connectivity index (χ3n) is 2.44. The van der Waals surface area contributed by atoms with Crippen LogP contribution >= 0.6 is 15.9 Å². The van der Waals surface area contributed by atoms with Gasteiger partial charge in [0.05, 0.1) is 0 Å². The molecule has 4 nitrogen and oxygen atoms in total. The molecule has 18 heavy (non-hydrogen) atoms. The first kappa shape index (κ1) is 15.0. The van der Waals surface area contributed by atoms with Crippen LogP contribution in [0.4, 0.5) is 11.4 Å². The number of carbonyl (C=O) groups excluding carboxylic acids is 1. The second-order valence-corrected chi connectivity index (χ2v) is 4.94. The van der Waals surface area contributed by atoms with Gasteiger partial charge in [0.2, 0.25) is 5.91 Å². The molecule has 0 bridgehead atoms. The van der Waals surface area contributed by atoms with E-state index in [0.29, 0.717) is 0 Å². The summed E-state index contributed by atoms with van der Waals surface area (Å²) in [6.45, 7) is 2.62. The lowest BCUT2D eigenvalue weighted by Gasteiger charge is -2.10. The van der Waals surface area contributed by atoms with Gasteiger partial charge in [0.1, 0.15) is 0 Å². The van der Waals surface area contributed by atoms with Crippen LogP contribution in [0.2, 0.25) is 0 Å². The van der Waals surface area contributed by atoms with Crippen LogP contribution in [-0.4, -0.2) is 24.2 Å². The fraction of sp³-hybridized carbons (Fsp3) is 0.462. The number of aliphatic hydroxyl groups is 1. The molecule has 0 atom stereocenters. The van der Waals surface area contributed by atoms with Crippen molar-refractivity contribution in [2.24, 2.45) is 0 Å². The maximum Gasteiger partial charge on any atom is 0.221 e. The summed E-state index contributed by atoms with van der Waals surface area (Å²) in [6, 6.07) is 5.67. The molecule has 5 heteroatoms. The Bertz CT molecular complexity index is 397. The zero-order chi connectivity index (χ0) is 13.4. The van der Waals surface area contributed by atoms with Gasteiger partial charge in [-0.25, -0.2) is 0 Å². The van der Waals surface area contributed by atoms with Crippen molar-refractivity contribution < 1.29 is 9.90 Å². The largest absolute Gasteiger partial charge is 0.396 e. The SMILES string of the molecule is CC(=O)Nc1ccc(NCCCCCO)c(Br)c1. The summed E-state index contributed by atoms with van der Waals surface area (Å²) in [5.74, 6) is -0.0772. The summed E-state index contributed by atoms with van der Waals surface area (Å²) in [5, 5.41) is 14.7. The highest BCUT2D eigenvalue weighted by Gasteiger charge is 2.02. The van der Waals surface area contributed by atoms with Gasteiger partial charge in [-0.2, -0.15) is 0 Å². The minimum absolute atomic E-state index is 0.0772. The summed E-state index contributed by atoms with van der Waals surface area (Å²) in [6.07, 6.45) is 2.90. The molecule has 0 spiro atoms. The van der Waals surface area contributed by atoms with E-state index in [1.54, 1.807) is 0 Å². The number of carbonyl (C=O) groups is 1. The average molecular weight is 315 g/mol. The average Bonchev–Trinajstić information content (AvgIpc) is 2.30. The number of anilines is 2. The molecule has 0 heterocycles. The van der Waals surface area contributed by atoms with Gasteiger partial charge < -0.3 is 15.7 Å². The molecule has 0 saturated carbocycles. The van der Waals surface area contributed by atoms with E-state index in [1.807, 2.05) is 18.2 Å². The van der Waals surface area contributed by atoms with E-state index < -0.39 is 0 Å². The third kappa shape index (κ3) is 5.51. The monoisotopic (exact) mass is 314 g/mol. The molecule has 0 aromatic heterocycles. The fourth-order valence-electron chi connectivity index (χ4n) is 1.58. The van der Waals surface area contributed by atoms with E-state index in [9.17, 15) is 4.79 Å². The maximum absolute atomic E-state index is 10.9. The van der Waals surface area contributed by atoms with E-state index in [1.165, 1.54) is 6.92 Å². The molecule has 0 aliphatic carbocycles. The Balaban J connectivity index is 2.44. The van der Waals surface area contributed by atoms with E-state index in [2.05, 4.69) is 26.6 Å². The summed E-state index contributed by atoms with van der Waals surface area (Å²) in [4.78, 5) is 10.9. The van der Waals surface area contributed by atoms with Crippen molar-refractivity contribution in [3.8, 4) is 0 Å². The van der Waals surface area contributed by atoms with Gasteiger partial charge in [-0.15, -0.1) is 0 Å². The van der Waals surface area contributed by atoms with Crippen LogP contribution in [-0.2, 0) is 4.79 Å². The van der Waals surface area contributed by atoms with E-state index in [0.717, 1.165) is 41.7 Å². The minimum Gasteiger partial charge on any atom is -0.396 e. The van der Waals surface area contributed by atoms with Crippen molar-refractivity contribution in [2.75, 3.05) is 23.8 Å². The van der Waals surface area contributed by atoms with Crippen LogP contribution in [0, 0.1) is 0 Å². The van der Waals surface area contributed by atoms with Crippen LogP contribution in [0.3, 0.4) is 0 Å². The van der Waals surface area contributed by atoms with Crippen molar-refractivity contribution in [3.05, 3.63) is 22.7 Å². The standard InChI is InChI=1S/C13H19BrN2O2/c1-10(18)16-11-5-6-13(12(14)9-11)15-7-3-2-4-8-17/h5-6,9,15,17H,2-4,7-8H2,1H3,(H,16,18). The zero-order valence-electron chi connectivity index (χ0n) is 10.5. The molecule has 0 radical (unpaired) electrons. The fourth-order valence-corrected chi connectivity index (χ4v) is 2.10. The van der Waals surface area contributed by atoms with Crippen LogP contribution < -0.4 is 10.6 Å². The molecule has 1 aromatic rings. The predicted molar refractivity (Wildman–Crippen MR) is 77.9 cm³/mol. The van der Waals surface area contributed by atoms with E-state index in [-0.39, 0.29) is 12.5 Å². The number of hydrogen-bond acceptors (Lipinski definition) is 3. The summed E-state index contributed by atoms with van der Waals surface area (Å²) in [5.41, 5.74) is 1.79. The van der Waals surface area contributed by atoms with E-state index in [4.69, 9.17) is 5.11 Å². The van der Waals surface area contributed by atoms with Crippen LogP contribution in [0.25, 0.3) is 0 Å². The van der Waals surface area contributed by atoms with Crippen LogP contribution in [0.15, 0.2) is 22.7 Å². The number of halogens is 1. The smallest absolute Gasteiger partial charge is 0.221 e. The lowest BCUT2D eigenvalue weighted by Crippen LogP contribution is -2.06. The van der Waals surface area contributed by atoms with Gasteiger partial charge in [0, 0.05) is 35.9 Å². The molecule has 0 saturated heterocycles. The molecule has 0 aliphatic heterocycles. The molecule has 1 amide bonds. The quantitative estimate of drug-likeness (QED) is 0.678. The number of unbranched alkanes of at least 4 members (excludes halogenated alkanes) is 2. The Morgan fingerprint density at radius 3 is 2.72 bits per heavy atom. The normalized spacial score (nSPS) is 10.2. The van der Waals surface area contributed by atoms with Gasteiger partial charge in [0.15, 0.2) is 0 Å². The Hall–Kier alpha value is -1.07. The Kier molecular flexibility index (Phi) is 6.75. The second-order valence-electron chi connectivity index (χ2n) is 4.09. The second kappa shape index (κ2) is 8.11. The maximum atomic E-state index is 10.9. The van der Waals surface area contributed by atoms with Gasteiger partial charge >= 0.3 is 0 Å². The summed E-state index contributed by atoms with van der Waals surface area (Å²) in [7, 11) is 0. The highest BCUT2D eigenvalue weighted by molar-refractivity contribution is 9.10. The first-order valence-corrected chi connectivity index (χ1v) is 6.84. The first-order valence-electron chi connectivity index (χ1n) is 6.05. The van der Waals surface area contributed by atoms with Gasteiger partial charge in [0.25, 0.3) is 0 Å². The first-order chi connectivity index (χ1) is 8.63. The topological polar surface area (TPSA) is 61.4 Å².